The molecule has 0 amide bonds. The molecule has 0 aliphatic rings. The van der Waals surface area contributed by atoms with Crippen molar-refractivity contribution in [2.24, 2.45) is 0 Å². The molecule has 0 spiro atoms. The minimum Gasteiger partial charge on any atom is -0.384 e. The Balaban J connectivity index is 2.34. The van der Waals surface area contributed by atoms with Crippen LogP contribution in [0, 0.1) is 6.07 Å². The lowest BCUT2D eigenvalue weighted by atomic mass is 10.3. The van der Waals surface area contributed by atoms with Crippen LogP contribution in [0.25, 0.3) is 0 Å². The molecule has 0 heterocycles. The highest BCUT2D eigenvalue weighted by atomic mass is 35.5. The Morgan fingerprint density at radius 1 is 1.33 bits per heavy atom. The third kappa shape index (κ3) is 5.04. The van der Waals surface area contributed by atoms with Gasteiger partial charge in [-0.05, 0) is 6.07 Å². The summed E-state index contributed by atoms with van der Waals surface area (Å²) in [6.07, 6.45) is 0. The summed E-state index contributed by atoms with van der Waals surface area (Å²) in [6, 6.07) is 10.3. The Hall–Kier alpha value is -0.740. The number of rotatable bonds is 6. The first-order chi connectivity index (χ1) is 7.14. The van der Waals surface area contributed by atoms with Crippen molar-refractivity contribution in [2.45, 2.75) is 0 Å². The maximum Gasteiger partial charge on any atom is 0.153 e. The smallest absolute Gasteiger partial charge is 0.153 e. The minimum atomic E-state index is -3.01. The standard InChI is InChI=1S/C10H13ClNO2S/c11-6-8-15(13,14)9-7-12-10-4-2-1-3-5-10/h1-4,12H,6-9H2. The zero-order valence-electron chi connectivity index (χ0n) is 8.24. The van der Waals surface area contributed by atoms with Gasteiger partial charge in [0.1, 0.15) is 0 Å². The van der Waals surface area contributed by atoms with Gasteiger partial charge in [0.2, 0.25) is 0 Å². The number of para-hydroxylation sites is 1. The molecule has 0 atom stereocenters. The van der Waals surface area contributed by atoms with Crippen LogP contribution in [0.3, 0.4) is 0 Å². The SMILES string of the molecule is O=S(=O)(CCCl)CCNc1[c]cccc1. The fourth-order valence-electron chi connectivity index (χ4n) is 1.06. The van der Waals surface area contributed by atoms with Crippen LogP contribution >= 0.6 is 11.6 Å². The second-order valence-corrected chi connectivity index (χ2v) is 5.73. The van der Waals surface area contributed by atoms with Crippen molar-refractivity contribution in [3.8, 4) is 0 Å². The van der Waals surface area contributed by atoms with Crippen LogP contribution in [0.1, 0.15) is 0 Å². The summed E-state index contributed by atoms with van der Waals surface area (Å²) in [4.78, 5) is 0. The predicted octanol–water partition coefficient (Wildman–Crippen LogP) is 1.55. The average molecular weight is 247 g/mol. The van der Waals surface area contributed by atoms with E-state index in [0.29, 0.717) is 6.54 Å². The molecule has 83 valence electrons. The van der Waals surface area contributed by atoms with Gasteiger partial charge in [-0.1, -0.05) is 18.2 Å². The molecule has 1 N–H and O–H groups in total. The molecule has 1 aromatic carbocycles. The first-order valence-electron chi connectivity index (χ1n) is 4.61. The molecule has 1 aromatic rings. The molecular weight excluding hydrogens is 234 g/mol. The number of alkyl halides is 1. The number of sulfone groups is 1. The first-order valence-corrected chi connectivity index (χ1v) is 6.96. The van der Waals surface area contributed by atoms with Crippen LogP contribution in [-0.2, 0) is 9.84 Å². The normalized spacial score (nSPS) is 11.3. The van der Waals surface area contributed by atoms with Gasteiger partial charge in [-0.2, -0.15) is 0 Å². The van der Waals surface area contributed by atoms with E-state index >= 15 is 0 Å². The topological polar surface area (TPSA) is 46.2 Å². The van der Waals surface area contributed by atoms with Crippen LogP contribution in [0.5, 0.6) is 0 Å². The van der Waals surface area contributed by atoms with Crippen LogP contribution in [-0.4, -0.2) is 32.3 Å². The van der Waals surface area contributed by atoms with E-state index in [4.69, 9.17) is 11.6 Å². The van der Waals surface area contributed by atoms with Gasteiger partial charge in [0.15, 0.2) is 9.84 Å². The lowest BCUT2D eigenvalue weighted by Crippen LogP contribution is -2.19. The van der Waals surface area contributed by atoms with Crippen LogP contribution in [0.4, 0.5) is 5.69 Å². The van der Waals surface area contributed by atoms with Crippen molar-refractivity contribution in [1.82, 2.24) is 0 Å². The van der Waals surface area contributed by atoms with Gasteiger partial charge in [-0.15, -0.1) is 11.6 Å². The molecule has 0 saturated carbocycles. The van der Waals surface area contributed by atoms with E-state index in [1.54, 1.807) is 6.07 Å². The average Bonchev–Trinajstić information content (AvgIpc) is 2.19. The van der Waals surface area contributed by atoms with Gasteiger partial charge >= 0.3 is 0 Å². The third-order valence-electron chi connectivity index (χ3n) is 1.83. The molecule has 0 aliphatic heterocycles. The van der Waals surface area contributed by atoms with Gasteiger partial charge in [0.05, 0.1) is 11.5 Å². The van der Waals surface area contributed by atoms with E-state index in [2.05, 4.69) is 11.4 Å². The number of anilines is 1. The molecule has 0 bridgehead atoms. The summed E-state index contributed by atoms with van der Waals surface area (Å²) in [6.45, 7) is 0.389. The molecule has 1 rings (SSSR count). The summed E-state index contributed by atoms with van der Waals surface area (Å²) in [5, 5.41) is 2.98. The minimum absolute atomic E-state index is 0.0364. The highest BCUT2D eigenvalue weighted by Gasteiger charge is 2.08. The summed E-state index contributed by atoms with van der Waals surface area (Å²) in [7, 11) is -3.01. The lowest BCUT2D eigenvalue weighted by molar-refractivity contribution is 0.598. The molecular formula is C10H13ClNO2S. The molecule has 5 heteroatoms. The van der Waals surface area contributed by atoms with Crippen LogP contribution in [0.15, 0.2) is 24.3 Å². The van der Waals surface area contributed by atoms with Crippen molar-refractivity contribution in [2.75, 3.05) is 29.2 Å². The Morgan fingerprint density at radius 2 is 2.13 bits per heavy atom. The number of nitrogens with one attached hydrogen (secondary N) is 1. The first kappa shape index (κ1) is 12.3. The van der Waals surface area contributed by atoms with Gasteiger partial charge in [-0.25, -0.2) is 8.42 Å². The summed E-state index contributed by atoms with van der Waals surface area (Å²) in [5.41, 5.74) is 0.804. The molecule has 0 unspecified atom stereocenters. The van der Waals surface area contributed by atoms with Crippen LogP contribution < -0.4 is 5.32 Å². The Labute approximate surface area is 95.4 Å². The summed E-state index contributed by atoms with van der Waals surface area (Å²) < 4.78 is 22.6. The molecule has 0 saturated heterocycles. The fourth-order valence-corrected chi connectivity index (χ4v) is 2.62. The molecule has 3 nitrogen and oxygen atoms in total. The van der Waals surface area contributed by atoms with E-state index in [9.17, 15) is 8.42 Å². The van der Waals surface area contributed by atoms with E-state index in [1.165, 1.54) is 0 Å². The number of benzene rings is 1. The zero-order valence-corrected chi connectivity index (χ0v) is 9.81. The molecule has 1 radical (unpaired) electrons. The molecule has 0 fully saturated rings. The van der Waals surface area contributed by atoms with E-state index < -0.39 is 9.84 Å². The van der Waals surface area contributed by atoms with Gasteiger partial charge in [-0.3, -0.25) is 0 Å². The Kier molecular flexibility index (Phi) is 4.91. The van der Waals surface area contributed by atoms with Crippen molar-refractivity contribution < 1.29 is 8.42 Å². The molecule has 0 aliphatic carbocycles. The Bertz CT molecular complexity index is 378. The van der Waals surface area contributed by atoms with Crippen molar-refractivity contribution in [3.63, 3.8) is 0 Å². The third-order valence-corrected chi connectivity index (χ3v) is 3.89. The van der Waals surface area contributed by atoms with Crippen molar-refractivity contribution in [3.05, 3.63) is 30.3 Å². The van der Waals surface area contributed by atoms with Crippen LogP contribution in [0.2, 0.25) is 0 Å². The van der Waals surface area contributed by atoms with Gasteiger partial charge in [0.25, 0.3) is 0 Å². The highest BCUT2D eigenvalue weighted by Crippen LogP contribution is 2.03. The summed E-state index contributed by atoms with van der Waals surface area (Å²) >= 11 is 5.38. The molecule has 15 heavy (non-hydrogen) atoms. The number of hydrogen-bond acceptors (Lipinski definition) is 3. The highest BCUT2D eigenvalue weighted by molar-refractivity contribution is 7.91. The van der Waals surface area contributed by atoms with Gasteiger partial charge in [0, 0.05) is 24.2 Å². The summed E-state index contributed by atoms with van der Waals surface area (Å²) in [5.74, 6) is 0.289. The van der Waals surface area contributed by atoms with Crippen molar-refractivity contribution in [1.29, 1.82) is 0 Å². The largest absolute Gasteiger partial charge is 0.384 e. The number of halogens is 1. The van der Waals surface area contributed by atoms with E-state index in [1.807, 2.05) is 18.2 Å². The molecule has 0 aromatic heterocycles. The predicted molar refractivity (Wildman–Crippen MR) is 63.1 cm³/mol. The lowest BCUT2D eigenvalue weighted by Gasteiger charge is -2.05. The maximum atomic E-state index is 11.3. The monoisotopic (exact) mass is 246 g/mol. The fraction of sp³-hybridized carbons (Fsp3) is 0.400. The zero-order chi connectivity index (χ0) is 11.1. The number of hydrogen-bond donors (Lipinski definition) is 1. The second-order valence-electron chi connectivity index (χ2n) is 3.04. The van der Waals surface area contributed by atoms with E-state index in [-0.39, 0.29) is 17.4 Å². The van der Waals surface area contributed by atoms with Crippen molar-refractivity contribution >= 4 is 27.1 Å². The van der Waals surface area contributed by atoms with E-state index in [0.717, 1.165) is 5.69 Å². The quantitative estimate of drug-likeness (QED) is 0.775. The Morgan fingerprint density at radius 3 is 2.73 bits per heavy atom. The second kappa shape index (κ2) is 5.98. The van der Waals surface area contributed by atoms with Gasteiger partial charge < -0.3 is 5.32 Å². The maximum absolute atomic E-state index is 11.3.